The molecule has 1 aliphatic heterocycles. The molecule has 18 heavy (non-hydrogen) atoms. The summed E-state index contributed by atoms with van der Waals surface area (Å²) in [5.41, 5.74) is 0.786. The van der Waals surface area contributed by atoms with Crippen molar-refractivity contribution < 1.29 is 14.6 Å². The normalized spacial score (nSPS) is 18.3. The highest BCUT2D eigenvalue weighted by atomic mass is 32.2. The molecule has 1 aromatic carbocycles. The summed E-state index contributed by atoms with van der Waals surface area (Å²) < 4.78 is 5.16. The molecular weight excluding hydrogens is 250 g/mol. The largest absolute Gasteiger partial charge is 0.497 e. The Labute approximate surface area is 111 Å². The molecule has 4 nitrogen and oxygen atoms in total. The van der Waals surface area contributed by atoms with E-state index in [2.05, 4.69) is 0 Å². The summed E-state index contributed by atoms with van der Waals surface area (Å²) in [6.45, 7) is 1.64. The number of rotatable bonds is 4. The van der Waals surface area contributed by atoms with E-state index in [0.29, 0.717) is 5.75 Å². The number of carbonyl (C=O) groups is 1. The van der Waals surface area contributed by atoms with Gasteiger partial charge >= 0.3 is 5.97 Å². The van der Waals surface area contributed by atoms with Crippen molar-refractivity contribution in [2.45, 2.75) is 6.04 Å². The van der Waals surface area contributed by atoms with Gasteiger partial charge in [0.15, 0.2) is 0 Å². The number of nitrogens with zero attached hydrogens (tertiary/aromatic N) is 1. The molecule has 2 rings (SSSR count). The monoisotopic (exact) mass is 267 g/mol. The van der Waals surface area contributed by atoms with Crippen LogP contribution in [-0.4, -0.2) is 47.7 Å². The maximum atomic E-state index is 11.5. The fourth-order valence-corrected chi connectivity index (χ4v) is 3.09. The van der Waals surface area contributed by atoms with Crippen LogP contribution in [0.2, 0.25) is 0 Å². The number of aliphatic carboxylic acids is 1. The summed E-state index contributed by atoms with van der Waals surface area (Å²) in [6, 6.07) is 6.75. The Kier molecular flexibility index (Phi) is 4.49. The summed E-state index contributed by atoms with van der Waals surface area (Å²) in [5, 5.41) is 9.45. The molecule has 0 aliphatic carbocycles. The highest BCUT2D eigenvalue weighted by Crippen LogP contribution is 2.26. The van der Waals surface area contributed by atoms with Gasteiger partial charge < -0.3 is 9.84 Å². The fourth-order valence-electron chi connectivity index (χ4n) is 2.16. The smallest absolute Gasteiger partial charge is 0.325 e. The molecule has 1 saturated heterocycles. The third kappa shape index (κ3) is 2.97. The molecule has 1 heterocycles. The lowest BCUT2D eigenvalue weighted by Crippen LogP contribution is -2.39. The van der Waals surface area contributed by atoms with Crippen molar-refractivity contribution in [1.29, 1.82) is 0 Å². The number of carboxylic acids is 1. The van der Waals surface area contributed by atoms with Gasteiger partial charge in [-0.05, 0) is 17.7 Å². The summed E-state index contributed by atoms with van der Waals surface area (Å²) in [5.74, 6) is 1.89. The Morgan fingerprint density at radius 2 is 2.17 bits per heavy atom. The molecule has 0 aromatic heterocycles. The van der Waals surface area contributed by atoms with Crippen LogP contribution in [0.3, 0.4) is 0 Å². The molecular formula is C13H17NO3S. The van der Waals surface area contributed by atoms with E-state index in [-0.39, 0.29) is 0 Å². The van der Waals surface area contributed by atoms with Crippen molar-refractivity contribution in [2.24, 2.45) is 0 Å². The first-order valence-electron chi connectivity index (χ1n) is 5.91. The molecule has 0 bridgehead atoms. The van der Waals surface area contributed by atoms with Gasteiger partial charge in [-0.1, -0.05) is 12.1 Å². The second-order valence-corrected chi connectivity index (χ2v) is 5.39. The Balaban J connectivity index is 2.25. The van der Waals surface area contributed by atoms with Crippen molar-refractivity contribution in [3.05, 3.63) is 29.8 Å². The minimum Gasteiger partial charge on any atom is -0.497 e. The van der Waals surface area contributed by atoms with Crippen LogP contribution in [0.4, 0.5) is 0 Å². The molecule has 0 amide bonds. The summed E-state index contributed by atoms with van der Waals surface area (Å²) >= 11 is 1.87. The Morgan fingerprint density at radius 1 is 1.44 bits per heavy atom. The van der Waals surface area contributed by atoms with Gasteiger partial charge in [-0.3, -0.25) is 9.69 Å². The third-order valence-corrected chi connectivity index (χ3v) is 4.00. The lowest BCUT2D eigenvalue weighted by atomic mass is 10.0. The lowest BCUT2D eigenvalue weighted by molar-refractivity contribution is -0.143. The minimum absolute atomic E-state index is 0.569. The van der Waals surface area contributed by atoms with Crippen LogP contribution in [-0.2, 0) is 4.79 Å². The van der Waals surface area contributed by atoms with Crippen LogP contribution in [0.15, 0.2) is 24.3 Å². The van der Waals surface area contributed by atoms with Gasteiger partial charge in [0, 0.05) is 24.6 Å². The third-order valence-electron chi connectivity index (χ3n) is 3.05. The minimum atomic E-state index is -0.796. The molecule has 1 aliphatic rings. The number of hydrogen-bond donors (Lipinski definition) is 1. The van der Waals surface area contributed by atoms with Gasteiger partial charge in [-0.15, -0.1) is 0 Å². The van der Waals surface area contributed by atoms with E-state index in [1.54, 1.807) is 13.2 Å². The van der Waals surface area contributed by atoms with E-state index in [1.165, 1.54) is 0 Å². The van der Waals surface area contributed by atoms with E-state index in [0.717, 1.165) is 30.2 Å². The first-order valence-corrected chi connectivity index (χ1v) is 7.06. The maximum Gasteiger partial charge on any atom is 0.325 e. The summed E-state index contributed by atoms with van der Waals surface area (Å²) in [6.07, 6.45) is 0. The molecule has 98 valence electrons. The SMILES string of the molecule is COc1cccc(C(C(=O)O)N2CCSCC2)c1. The van der Waals surface area contributed by atoms with Crippen LogP contribution in [0.1, 0.15) is 11.6 Å². The van der Waals surface area contributed by atoms with Crippen molar-refractivity contribution in [3.63, 3.8) is 0 Å². The average Bonchev–Trinajstić information content (AvgIpc) is 2.40. The van der Waals surface area contributed by atoms with Gasteiger partial charge in [0.25, 0.3) is 0 Å². The van der Waals surface area contributed by atoms with Crippen LogP contribution >= 0.6 is 11.8 Å². The van der Waals surface area contributed by atoms with Gasteiger partial charge in [0.1, 0.15) is 11.8 Å². The summed E-state index contributed by atoms with van der Waals surface area (Å²) in [4.78, 5) is 13.5. The molecule has 1 aromatic rings. The van der Waals surface area contributed by atoms with E-state index in [9.17, 15) is 9.90 Å². The van der Waals surface area contributed by atoms with Crippen molar-refractivity contribution in [2.75, 3.05) is 31.7 Å². The van der Waals surface area contributed by atoms with Gasteiger partial charge in [0.2, 0.25) is 0 Å². The molecule has 1 fully saturated rings. The highest BCUT2D eigenvalue weighted by molar-refractivity contribution is 7.99. The maximum absolute atomic E-state index is 11.5. The van der Waals surface area contributed by atoms with Gasteiger partial charge in [-0.25, -0.2) is 0 Å². The quantitative estimate of drug-likeness (QED) is 0.902. The highest BCUT2D eigenvalue weighted by Gasteiger charge is 2.28. The predicted octanol–water partition coefficient (Wildman–Crippen LogP) is 1.87. The Bertz CT molecular complexity index is 418. The predicted molar refractivity (Wildman–Crippen MR) is 72.3 cm³/mol. The standard InChI is InChI=1S/C13H17NO3S/c1-17-11-4-2-3-10(9-11)12(13(15)16)14-5-7-18-8-6-14/h2-4,9,12H,5-8H2,1H3,(H,15,16). The van der Waals surface area contributed by atoms with Crippen molar-refractivity contribution in [1.82, 2.24) is 4.90 Å². The molecule has 1 unspecified atom stereocenters. The van der Waals surface area contributed by atoms with Crippen LogP contribution < -0.4 is 4.74 Å². The second kappa shape index (κ2) is 6.11. The van der Waals surface area contributed by atoms with Crippen LogP contribution in [0.5, 0.6) is 5.75 Å². The Hall–Kier alpha value is -1.20. The molecule has 0 radical (unpaired) electrons. The molecule has 0 spiro atoms. The van der Waals surface area contributed by atoms with E-state index < -0.39 is 12.0 Å². The second-order valence-electron chi connectivity index (χ2n) is 4.17. The number of methoxy groups -OCH3 is 1. The van der Waals surface area contributed by atoms with E-state index in [4.69, 9.17) is 4.74 Å². The number of hydrogen-bond acceptors (Lipinski definition) is 4. The van der Waals surface area contributed by atoms with E-state index >= 15 is 0 Å². The molecule has 0 saturated carbocycles. The average molecular weight is 267 g/mol. The van der Waals surface area contributed by atoms with Gasteiger partial charge in [-0.2, -0.15) is 11.8 Å². The van der Waals surface area contributed by atoms with Crippen LogP contribution in [0, 0.1) is 0 Å². The molecule has 5 heteroatoms. The number of benzene rings is 1. The van der Waals surface area contributed by atoms with Gasteiger partial charge in [0.05, 0.1) is 7.11 Å². The molecule has 1 atom stereocenters. The summed E-state index contributed by atoms with van der Waals surface area (Å²) in [7, 11) is 1.59. The Morgan fingerprint density at radius 3 is 2.78 bits per heavy atom. The van der Waals surface area contributed by atoms with Crippen molar-refractivity contribution in [3.8, 4) is 5.75 Å². The first-order chi connectivity index (χ1) is 8.72. The van der Waals surface area contributed by atoms with Crippen molar-refractivity contribution >= 4 is 17.7 Å². The number of carboxylic acid groups (broad SMARTS) is 1. The molecule has 1 N–H and O–H groups in total. The first kappa shape index (κ1) is 13.2. The zero-order valence-electron chi connectivity index (χ0n) is 10.3. The zero-order chi connectivity index (χ0) is 13.0. The van der Waals surface area contributed by atoms with E-state index in [1.807, 2.05) is 34.9 Å². The zero-order valence-corrected chi connectivity index (χ0v) is 11.2. The number of thioether (sulfide) groups is 1. The fraction of sp³-hybridized carbons (Fsp3) is 0.462. The topological polar surface area (TPSA) is 49.8 Å². The van der Waals surface area contributed by atoms with Crippen LogP contribution in [0.25, 0.3) is 0 Å². The number of ether oxygens (including phenoxy) is 1. The lowest BCUT2D eigenvalue weighted by Gasteiger charge is -2.32.